The van der Waals surface area contributed by atoms with Crippen molar-refractivity contribution in [2.45, 2.75) is 51.5 Å². The molecule has 3 rings (SSSR count). The van der Waals surface area contributed by atoms with Crippen LogP contribution in [-0.4, -0.2) is 28.9 Å². The van der Waals surface area contributed by atoms with Gasteiger partial charge < -0.3 is 9.84 Å². The first-order valence-corrected chi connectivity index (χ1v) is 11.2. The van der Waals surface area contributed by atoms with Gasteiger partial charge in [-0.25, -0.2) is 0 Å². The van der Waals surface area contributed by atoms with Gasteiger partial charge in [0.25, 0.3) is 0 Å². The molecule has 0 bridgehead atoms. The zero-order chi connectivity index (χ0) is 23.0. The highest BCUT2D eigenvalue weighted by Crippen LogP contribution is 2.37. The summed E-state index contributed by atoms with van der Waals surface area (Å²) in [7, 11) is 0. The molecule has 0 saturated carbocycles. The van der Waals surface area contributed by atoms with E-state index in [-0.39, 0.29) is 12.7 Å². The molecule has 3 aromatic rings. The quantitative estimate of drug-likeness (QED) is 0.383. The number of rotatable bonds is 11. The number of hydrogen-bond acceptors (Lipinski definition) is 4. The minimum absolute atomic E-state index is 0.0966. The normalized spacial score (nSPS) is 14.8. The molecule has 3 aromatic carbocycles. The van der Waals surface area contributed by atoms with Crippen LogP contribution < -0.4 is 0 Å². The Morgan fingerprint density at radius 2 is 1.34 bits per heavy atom. The summed E-state index contributed by atoms with van der Waals surface area (Å²) in [6.07, 6.45) is -0.195. The van der Waals surface area contributed by atoms with Crippen molar-refractivity contribution in [3.05, 3.63) is 108 Å². The summed E-state index contributed by atoms with van der Waals surface area (Å²) in [5.74, 6) is 0. The molecule has 0 fully saturated rings. The zero-order valence-corrected chi connectivity index (χ0v) is 19.6. The molecule has 4 nitrogen and oxygen atoms in total. The van der Waals surface area contributed by atoms with E-state index in [0.29, 0.717) is 13.2 Å². The lowest BCUT2D eigenvalue weighted by Crippen LogP contribution is -2.58. The second-order valence-corrected chi connectivity index (χ2v) is 9.04. The highest BCUT2D eigenvalue weighted by molar-refractivity contribution is 5.24. The standard InChI is InChI=1S/C28H35NO3/c1-23(25-16-10-6-11-17-25)32-29(28(4,21-30)26-18-12-7-13-19-26)27(2,3)22-31-20-24-14-8-5-9-15-24/h5-19,23,30H,20-22H2,1-4H3. The number of benzene rings is 3. The van der Waals surface area contributed by atoms with Crippen LogP contribution in [0, 0.1) is 0 Å². The minimum atomic E-state index is -0.760. The molecule has 0 aliphatic carbocycles. The van der Waals surface area contributed by atoms with E-state index in [2.05, 4.69) is 38.1 Å². The van der Waals surface area contributed by atoms with Gasteiger partial charge in [-0.05, 0) is 44.4 Å². The van der Waals surface area contributed by atoms with Gasteiger partial charge in [0.15, 0.2) is 0 Å². The van der Waals surface area contributed by atoms with E-state index in [1.165, 1.54) is 0 Å². The number of nitrogens with zero attached hydrogens (tertiary/aromatic N) is 1. The largest absolute Gasteiger partial charge is 0.394 e. The maximum Gasteiger partial charge on any atom is 0.102 e. The van der Waals surface area contributed by atoms with Crippen LogP contribution in [-0.2, 0) is 21.7 Å². The predicted molar refractivity (Wildman–Crippen MR) is 129 cm³/mol. The Labute approximate surface area is 192 Å². The maximum absolute atomic E-state index is 10.6. The number of ether oxygens (including phenoxy) is 1. The lowest BCUT2D eigenvalue weighted by atomic mass is 9.88. The average molecular weight is 434 g/mol. The summed E-state index contributed by atoms with van der Waals surface area (Å²) in [5.41, 5.74) is 1.90. The van der Waals surface area contributed by atoms with Gasteiger partial charge in [-0.15, -0.1) is 0 Å². The van der Waals surface area contributed by atoms with E-state index in [1.807, 2.05) is 85.6 Å². The van der Waals surface area contributed by atoms with Crippen LogP contribution in [0.25, 0.3) is 0 Å². The van der Waals surface area contributed by atoms with Gasteiger partial charge in [0.1, 0.15) is 6.10 Å². The summed E-state index contributed by atoms with van der Waals surface area (Å²) in [5, 5.41) is 12.5. The predicted octanol–water partition coefficient (Wildman–Crippen LogP) is 5.88. The molecule has 2 unspecified atom stereocenters. The van der Waals surface area contributed by atoms with Crippen LogP contribution in [0.1, 0.15) is 50.5 Å². The van der Waals surface area contributed by atoms with Crippen LogP contribution >= 0.6 is 0 Å². The molecule has 170 valence electrons. The van der Waals surface area contributed by atoms with Crippen LogP contribution in [0.3, 0.4) is 0 Å². The van der Waals surface area contributed by atoms with E-state index < -0.39 is 11.1 Å². The first-order valence-electron chi connectivity index (χ1n) is 11.2. The Kier molecular flexibility index (Phi) is 8.21. The molecule has 0 heterocycles. The monoisotopic (exact) mass is 433 g/mol. The number of aliphatic hydroxyl groups is 1. The molecule has 0 radical (unpaired) electrons. The van der Waals surface area contributed by atoms with Crippen LogP contribution in [0.4, 0.5) is 0 Å². The fraction of sp³-hybridized carbons (Fsp3) is 0.357. The Morgan fingerprint density at radius 1 is 0.812 bits per heavy atom. The van der Waals surface area contributed by atoms with E-state index in [9.17, 15) is 5.11 Å². The molecule has 2 atom stereocenters. The summed E-state index contributed by atoms with van der Waals surface area (Å²) < 4.78 is 6.12. The van der Waals surface area contributed by atoms with Crippen molar-refractivity contribution in [3.63, 3.8) is 0 Å². The lowest BCUT2D eigenvalue weighted by Gasteiger charge is -2.49. The molecule has 0 aliphatic heterocycles. The third-order valence-corrected chi connectivity index (χ3v) is 5.80. The van der Waals surface area contributed by atoms with Gasteiger partial charge in [-0.2, -0.15) is 5.06 Å². The molecular formula is C28H35NO3. The molecule has 0 aliphatic rings. The van der Waals surface area contributed by atoms with E-state index in [1.54, 1.807) is 0 Å². The van der Waals surface area contributed by atoms with Gasteiger partial charge in [0.2, 0.25) is 0 Å². The number of aliphatic hydroxyl groups excluding tert-OH is 1. The first kappa shape index (κ1) is 24.1. The smallest absolute Gasteiger partial charge is 0.102 e. The number of hydrogen-bond donors (Lipinski definition) is 1. The fourth-order valence-electron chi connectivity index (χ4n) is 3.99. The van der Waals surface area contributed by atoms with Gasteiger partial charge in [0, 0.05) is 0 Å². The van der Waals surface area contributed by atoms with Crippen LogP contribution in [0.15, 0.2) is 91.0 Å². The number of hydroxylamine groups is 2. The van der Waals surface area contributed by atoms with Crippen molar-refractivity contribution in [2.75, 3.05) is 13.2 Å². The Morgan fingerprint density at radius 3 is 1.91 bits per heavy atom. The van der Waals surface area contributed by atoms with Gasteiger partial charge >= 0.3 is 0 Å². The van der Waals surface area contributed by atoms with Crippen molar-refractivity contribution in [1.82, 2.24) is 5.06 Å². The molecular weight excluding hydrogens is 398 g/mol. The second kappa shape index (κ2) is 10.9. The van der Waals surface area contributed by atoms with Crippen molar-refractivity contribution in [1.29, 1.82) is 0 Å². The highest BCUT2D eigenvalue weighted by atomic mass is 16.7. The van der Waals surface area contributed by atoms with Crippen molar-refractivity contribution >= 4 is 0 Å². The van der Waals surface area contributed by atoms with Crippen molar-refractivity contribution in [2.24, 2.45) is 0 Å². The van der Waals surface area contributed by atoms with Crippen LogP contribution in [0.2, 0.25) is 0 Å². The Hall–Kier alpha value is -2.50. The third kappa shape index (κ3) is 5.84. The van der Waals surface area contributed by atoms with E-state index in [0.717, 1.165) is 16.7 Å². The zero-order valence-electron chi connectivity index (χ0n) is 19.6. The SMILES string of the molecule is CC(ON(C(C)(C)COCc1ccccc1)C(C)(CO)c1ccccc1)c1ccccc1. The van der Waals surface area contributed by atoms with Crippen molar-refractivity contribution in [3.8, 4) is 0 Å². The molecule has 0 saturated heterocycles. The highest BCUT2D eigenvalue weighted by Gasteiger charge is 2.44. The second-order valence-electron chi connectivity index (χ2n) is 9.04. The summed E-state index contributed by atoms with van der Waals surface area (Å²) in [4.78, 5) is 6.61. The molecule has 0 spiro atoms. The van der Waals surface area contributed by atoms with E-state index in [4.69, 9.17) is 9.57 Å². The molecule has 32 heavy (non-hydrogen) atoms. The van der Waals surface area contributed by atoms with Gasteiger partial charge in [-0.3, -0.25) is 4.84 Å². The van der Waals surface area contributed by atoms with Gasteiger partial charge in [-0.1, -0.05) is 91.0 Å². The molecule has 0 amide bonds. The van der Waals surface area contributed by atoms with Crippen molar-refractivity contribution < 1.29 is 14.7 Å². The topological polar surface area (TPSA) is 41.9 Å². The average Bonchev–Trinajstić information content (AvgIpc) is 2.83. The lowest BCUT2D eigenvalue weighted by molar-refractivity contribution is -0.311. The minimum Gasteiger partial charge on any atom is -0.394 e. The summed E-state index contributed by atoms with van der Waals surface area (Å²) in [6.45, 7) is 9.09. The summed E-state index contributed by atoms with van der Waals surface area (Å²) >= 11 is 0. The van der Waals surface area contributed by atoms with E-state index >= 15 is 0 Å². The first-order chi connectivity index (χ1) is 15.4. The molecule has 1 N–H and O–H groups in total. The Balaban J connectivity index is 1.87. The Bertz CT molecular complexity index is 931. The van der Waals surface area contributed by atoms with Gasteiger partial charge in [0.05, 0.1) is 30.9 Å². The van der Waals surface area contributed by atoms with Crippen LogP contribution in [0.5, 0.6) is 0 Å². The molecule has 0 aromatic heterocycles. The summed E-state index contributed by atoms with van der Waals surface area (Å²) in [6, 6.07) is 30.3. The fourth-order valence-corrected chi connectivity index (χ4v) is 3.99. The maximum atomic E-state index is 10.6. The molecule has 4 heteroatoms. The third-order valence-electron chi connectivity index (χ3n) is 5.80.